The third kappa shape index (κ3) is 3.55. The van der Waals surface area contributed by atoms with E-state index in [-0.39, 0.29) is 29.4 Å². The van der Waals surface area contributed by atoms with Crippen molar-refractivity contribution in [1.82, 2.24) is 0 Å². The molecule has 0 bridgehead atoms. The SMILES string of the molecule is CC[C@@H]1C(Cc2ccccc2Cl)c2cc(O)ccc2OC1c1ccc(O)cc1. The van der Waals surface area contributed by atoms with Crippen molar-refractivity contribution in [3.63, 3.8) is 0 Å². The normalized spacial score (nSPS) is 21.0. The minimum Gasteiger partial charge on any atom is -0.508 e. The second-order valence-corrected chi connectivity index (χ2v) is 7.73. The molecule has 3 nitrogen and oxygen atoms in total. The fourth-order valence-corrected chi connectivity index (χ4v) is 4.45. The monoisotopic (exact) mass is 394 g/mol. The first-order valence-corrected chi connectivity index (χ1v) is 9.96. The van der Waals surface area contributed by atoms with Crippen molar-refractivity contribution >= 4 is 11.6 Å². The molecule has 28 heavy (non-hydrogen) atoms. The lowest BCUT2D eigenvalue weighted by molar-refractivity contribution is 0.0880. The van der Waals surface area contributed by atoms with Gasteiger partial charge in [0.15, 0.2) is 0 Å². The first-order chi connectivity index (χ1) is 13.6. The first kappa shape index (κ1) is 18.7. The van der Waals surface area contributed by atoms with Gasteiger partial charge in [0.1, 0.15) is 23.4 Å². The third-order valence-corrected chi connectivity index (χ3v) is 6.01. The van der Waals surface area contributed by atoms with Crippen LogP contribution in [0, 0.1) is 5.92 Å². The summed E-state index contributed by atoms with van der Waals surface area (Å²) in [6, 6.07) is 20.4. The summed E-state index contributed by atoms with van der Waals surface area (Å²) in [4.78, 5) is 0. The molecule has 0 saturated heterocycles. The van der Waals surface area contributed by atoms with Gasteiger partial charge in [0.2, 0.25) is 0 Å². The number of rotatable bonds is 4. The highest BCUT2D eigenvalue weighted by atomic mass is 35.5. The Hall–Kier alpha value is -2.65. The van der Waals surface area contributed by atoms with Crippen LogP contribution in [-0.2, 0) is 6.42 Å². The minimum atomic E-state index is -0.130. The molecule has 3 atom stereocenters. The Kier molecular flexibility index (Phi) is 5.19. The molecule has 4 rings (SSSR count). The molecular formula is C24H23ClO3. The fourth-order valence-electron chi connectivity index (χ4n) is 4.24. The van der Waals surface area contributed by atoms with E-state index in [0.717, 1.165) is 40.3 Å². The Balaban J connectivity index is 1.79. The molecule has 0 aromatic heterocycles. The van der Waals surface area contributed by atoms with Crippen molar-refractivity contribution in [1.29, 1.82) is 0 Å². The minimum absolute atomic E-state index is 0.130. The third-order valence-electron chi connectivity index (χ3n) is 5.64. The molecular weight excluding hydrogens is 372 g/mol. The molecule has 0 fully saturated rings. The maximum Gasteiger partial charge on any atom is 0.127 e. The molecule has 2 unspecified atom stereocenters. The van der Waals surface area contributed by atoms with E-state index in [9.17, 15) is 10.2 Å². The summed E-state index contributed by atoms with van der Waals surface area (Å²) in [5, 5.41) is 20.5. The van der Waals surface area contributed by atoms with E-state index in [1.807, 2.05) is 42.5 Å². The topological polar surface area (TPSA) is 49.7 Å². The van der Waals surface area contributed by atoms with Crippen LogP contribution in [0.1, 0.15) is 42.1 Å². The molecule has 144 valence electrons. The molecule has 1 aliphatic rings. The van der Waals surface area contributed by atoms with Crippen LogP contribution < -0.4 is 4.74 Å². The van der Waals surface area contributed by atoms with Crippen LogP contribution in [0.4, 0.5) is 0 Å². The van der Waals surface area contributed by atoms with Crippen molar-refractivity contribution in [3.8, 4) is 17.2 Å². The number of benzene rings is 3. The van der Waals surface area contributed by atoms with Gasteiger partial charge in [-0.25, -0.2) is 0 Å². The van der Waals surface area contributed by atoms with Crippen LogP contribution >= 0.6 is 11.6 Å². The molecule has 0 radical (unpaired) electrons. The van der Waals surface area contributed by atoms with Gasteiger partial charge >= 0.3 is 0 Å². The highest BCUT2D eigenvalue weighted by Crippen LogP contribution is 2.50. The lowest BCUT2D eigenvalue weighted by Gasteiger charge is -2.40. The summed E-state index contributed by atoms with van der Waals surface area (Å²) in [6.45, 7) is 2.16. The van der Waals surface area contributed by atoms with Crippen LogP contribution in [0.25, 0.3) is 0 Å². The summed E-state index contributed by atoms with van der Waals surface area (Å²) in [5.74, 6) is 1.63. The molecule has 0 spiro atoms. The Morgan fingerprint density at radius 2 is 1.64 bits per heavy atom. The molecule has 1 aliphatic heterocycles. The number of phenolic OH excluding ortho intramolecular Hbond substituents is 2. The maximum atomic E-state index is 10.1. The van der Waals surface area contributed by atoms with Crippen molar-refractivity contribution < 1.29 is 14.9 Å². The number of ether oxygens (including phenoxy) is 1. The number of halogens is 1. The highest BCUT2D eigenvalue weighted by Gasteiger charge is 2.38. The number of hydrogen-bond donors (Lipinski definition) is 2. The van der Waals surface area contributed by atoms with Crippen LogP contribution in [0.15, 0.2) is 66.7 Å². The summed E-state index contributed by atoms with van der Waals surface area (Å²) in [5.41, 5.74) is 3.14. The van der Waals surface area contributed by atoms with E-state index < -0.39 is 0 Å². The van der Waals surface area contributed by atoms with Crippen molar-refractivity contribution in [3.05, 3.63) is 88.4 Å². The molecule has 1 heterocycles. The van der Waals surface area contributed by atoms with E-state index >= 15 is 0 Å². The summed E-state index contributed by atoms with van der Waals surface area (Å²) >= 11 is 6.46. The summed E-state index contributed by atoms with van der Waals surface area (Å²) < 4.78 is 6.39. The van der Waals surface area contributed by atoms with Gasteiger partial charge in [-0.05, 0) is 66.3 Å². The predicted molar refractivity (Wildman–Crippen MR) is 111 cm³/mol. The van der Waals surface area contributed by atoms with Gasteiger partial charge in [-0.3, -0.25) is 0 Å². The van der Waals surface area contributed by atoms with Gasteiger partial charge in [0.25, 0.3) is 0 Å². The van der Waals surface area contributed by atoms with Gasteiger partial charge in [-0.2, -0.15) is 0 Å². The molecule has 0 aliphatic carbocycles. The Labute approximate surface area is 170 Å². The number of fused-ring (bicyclic) bond motifs is 1. The predicted octanol–water partition coefficient (Wildman–Crippen LogP) is 6.24. The molecule has 0 saturated carbocycles. The Morgan fingerprint density at radius 3 is 2.36 bits per heavy atom. The lowest BCUT2D eigenvalue weighted by atomic mass is 9.73. The van der Waals surface area contributed by atoms with E-state index in [1.165, 1.54) is 0 Å². The van der Waals surface area contributed by atoms with Gasteiger partial charge in [-0.1, -0.05) is 48.9 Å². The average Bonchev–Trinajstić information content (AvgIpc) is 2.70. The zero-order valence-corrected chi connectivity index (χ0v) is 16.4. The van der Waals surface area contributed by atoms with Gasteiger partial charge in [0, 0.05) is 16.5 Å². The van der Waals surface area contributed by atoms with Crippen LogP contribution in [0.3, 0.4) is 0 Å². The fraction of sp³-hybridized carbons (Fsp3) is 0.250. The van der Waals surface area contributed by atoms with Crippen LogP contribution in [0.2, 0.25) is 5.02 Å². The molecule has 3 aromatic rings. The quantitative estimate of drug-likeness (QED) is 0.550. The maximum absolute atomic E-state index is 10.1. The van der Waals surface area contributed by atoms with E-state index in [0.29, 0.717) is 0 Å². The van der Waals surface area contributed by atoms with Gasteiger partial charge in [-0.15, -0.1) is 0 Å². The van der Waals surface area contributed by atoms with Crippen molar-refractivity contribution in [2.24, 2.45) is 5.92 Å². The zero-order valence-electron chi connectivity index (χ0n) is 15.7. The van der Waals surface area contributed by atoms with Crippen molar-refractivity contribution in [2.45, 2.75) is 31.8 Å². The molecule has 4 heteroatoms. The van der Waals surface area contributed by atoms with E-state index in [4.69, 9.17) is 16.3 Å². The van der Waals surface area contributed by atoms with Gasteiger partial charge < -0.3 is 14.9 Å². The molecule has 3 aromatic carbocycles. The number of hydrogen-bond acceptors (Lipinski definition) is 3. The summed E-state index contributed by atoms with van der Waals surface area (Å²) in [6.07, 6.45) is 1.55. The highest BCUT2D eigenvalue weighted by molar-refractivity contribution is 6.31. The smallest absolute Gasteiger partial charge is 0.127 e. The number of phenols is 2. The van der Waals surface area contributed by atoms with Crippen LogP contribution in [-0.4, -0.2) is 10.2 Å². The average molecular weight is 395 g/mol. The van der Waals surface area contributed by atoms with Crippen LogP contribution in [0.5, 0.6) is 17.2 Å². The second kappa shape index (κ2) is 7.76. The Morgan fingerprint density at radius 1 is 0.929 bits per heavy atom. The zero-order chi connectivity index (χ0) is 19.7. The van der Waals surface area contributed by atoms with Gasteiger partial charge in [0.05, 0.1) is 0 Å². The van der Waals surface area contributed by atoms with Crippen molar-refractivity contribution in [2.75, 3.05) is 0 Å². The van der Waals surface area contributed by atoms with E-state index in [2.05, 4.69) is 13.0 Å². The standard InChI is InChI=1S/C24H23ClO3/c1-2-19-20(13-16-5-3-4-6-22(16)25)21-14-18(27)11-12-23(21)28-24(19)15-7-9-17(26)10-8-15/h3-12,14,19-20,24,26-27H,2,13H2,1H3/t19-,20?,24?/m1/s1. The first-order valence-electron chi connectivity index (χ1n) is 9.58. The largest absolute Gasteiger partial charge is 0.508 e. The Bertz CT molecular complexity index is 968. The molecule has 2 N–H and O–H groups in total. The second-order valence-electron chi connectivity index (χ2n) is 7.33. The summed E-state index contributed by atoms with van der Waals surface area (Å²) in [7, 11) is 0. The lowest BCUT2D eigenvalue weighted by Crippen LogP contribution is -2.30. The molecule has 0 amide bonds. The number of aromatic hydroxyl groups is 2. The van der Waals surface area contributed by atoms with E-state index in [1.54, 1.807) is 18.2 Å².